The first-order chi connectivity index (χ1) is 6.42. The fourth-order valence-corrected chi connectivity index (χ4v) is 1.52. The Balaban J connectivity index is 2.27. The SMILES string of the molecule is CC(C)(C)c1ccc(C2(N)CC2)nc1. The maximum atomic E-state index is 6.06. The Morgan fingerprint density at radius 2 is 1.93 bits per heavy atom. The third-order valence-corrected chi connectivity index (χ3v) is 2.93. The number of pyridine rings is 1. The highest BCUT2D eigenvalue weighted by Gasteiger charge is 2.41. The molecule has 0 atom stereocenters. The third-order valence-electron chi connectivity index (χ3n) is 2.93. The van der Waals surface area contributed by atoms with E-state index in [1.807, 2.05) is 6.20 Å². The highest BCUT2D eigenvalue weighted by atomic mass is 14.9. The lowest BCUT2D eigenvalue weighted by Gasteiger charge is -2.19. The van der Waals surface area contributed by atoms with Crippen LogP contribution in [0.25, 0.3) is 0 Å². The number of nitrogens with two attached hydrogens (primary N) is 1. The highest BCUT2D eigenvalue weighted by molar-refractivity contribution is 5.27. The molecule has 2 N–H and O–H groups in total. The van der Waals surface area contributed by atoms with E-state index in [9.17, 15) is 0 Å². The number of aromatic nitrogens is 1. The molecule has 0 amide bonds. The van der Waals surface area contributed by atoms with E-state index in [0.717, 1.165) is 18.5 Å². The van der Waals surface area contributed by atoms with E-state index in [-0.39, 0.29) is 11.0 Å². The van der Waals surface area contributed by atoms with Gasteiger partial charge in [-0.05, 0) is 29.9 Å². The molecule has 14 heavy (non-hydrogen) atoms. The lowest BCUT2D eigenvalue weighted by Crippen LogP contribution is -2.21. The Morgan fingerprint density at radius 3 is 2.29 bits per heavy atom. The zero-order chi connectivity index (χ0) is 10.4. The van der Waals surface area contributed by atoms with Gasteiger partial charge in [-0.15, -0.1) is 0 Å². The maximum Gasteiger partial charge on any atom is 0.0602 e. The summed E-state index contributed by atoms with van der Waals surface area (Å²) < 4.78 is 0. The van der Waals surface area contributed by atoms with Crippen molar-refractivity contribution >= 4 is 0 Å². The largest absolute Gasteiger partial charge is 0.320 e. The summed E-state index contributed by atoms with van der Waals surface area (Å²) in [6.45, 7) is 6.58. The van der Waals surface area contributed by atoms with Crippen molar-refractivity contribution in [3.8, 4) is 0 Å². The van der Waals surface area contributed by atoms with Crippen LogP contribution in [-0.2, 0) is 11.0 Å². The Labute approximate surface area is 85.5 Å². The molecular formula is C12H18N2. The van der Waals surface area contributed by atoms with Crippen molar-refractivity contribution in [2.24, 2.45) is 5.73 Å². The van der Waals surface area contributed by atoms with Crippen LogP contribution in [0, 0.1) is 0 Å². The molecule has 0 unspecified atom stereocenters. The average molecular weight is 190 g/mol. The zero-order valence-corrected chi connectivity index (χ0v) is 9.17. The molecule has 1 fully saturated rings. The first kappa shape index (κ1) is 9.66. The summed E-state index contributed by atoms with van der Waals surface area (Å²) in [5.74, 6) is 0. The van der Waals surface area contributed by atoms with E-state index in [1.165, 1.54) is 5.56 Å². The van der Waals surface area contributed by atoms with Crippen molar-refractivity contribution in [2.75, 3.05) is 0 Å². The molecule has 0 aliphatic heterocycles. The van der Waals surface area contributed by atoms with Crippen LogP contribution >= 0.6 is 0 Å². The number of hydrogen-bond donors (Lipinski definition) is 1. The van der Waals surface area contributed by atoms with E-state index < -0.39 is 0 Å². The summed E-state index contributed by atoms with van der Waals surface area (Å²) in [6, 6.07) is 4.23. The van der Waals surface area contributed by atoms with Gasteiger partial charge >= 0.3 is 0 Å². The second-order valence-corrected chi connectivity index (χ2v) is 5.34. The first-order valence-electron chi connectivity index (χ1n) is 5.18. The molecule has 1 heterocycles. The predicted molar refractivity (Wildman–Crippen MR) is 58.0 cm³/mol. The second kappa shape index (κ2) is 2.80. The molecule has 1 aliphatic rings. The minimum absolute atomic E-state index is 0.101. The number of hydrogen-bond acceptors (Lipinski definition) is 2. The van der Waals surface area contributed by atoms with Gasteiger partial charge in [0, 0.05) is 6.20 Å². The lowest BCUT2D eigenvalue weighted by molar-refractivity contribution is 0.584. The van der Waals surface area contributed by atoms with Crippen molar-refractivity contribution < 1.29 is 0 Å². The Kier molecular flexibility index (Phi) is 1.93. The number of nitrogens with zero attached hydrogens (tertiary/aromatic N) is 1. The minimum Gasteiger partial charge on any atom is -0.320 e. The van der Waals surface area contributed by atoms with E-state index in [0.29, 0.717) is 0 Å². The van der Waals surface area contributed by atoms with Crippen molar-refractivity contribution in [1.82, 2.24) is 4.98 Å². The highest BCUT2D eigenvalue weighted by Crippen LogP contribution is 2.41. The number of rotatable bonds is 1. The van der Waals surface area contributed by atoms with Gasteiger partial charge in [0.1, 0.15) is 0 Å². The molecule has 1 aromatic rings. The monoisotopic (exact) mass is 190 g/mol. The van der Waals surface area contributed by atoms with Gasteiger partial charge < -0.3 is 5.73 Å². The third kappa shape index (κ3) is 1.67. The summed E-state index contributed by atoms with van der Waals surface area (Å²) >= 11 is 0. The molecule has 2 heteroatoms. The van der Waals surface area contributed by atoms with Crippen LogP contribution in [0.4, 0.5) is 0 Å². The normalized spacial score (nSPS) is 19.4. The molecule has 0 spiro atoms. The minimum atomic E-state index is -0.101. The van der Waals surface area contributed by atoms with Crippen molar-refractivity contribution in [2.45, 2.75) is 44.6 Å². The average Bonchev–Trinajstić information content (AvgIpc) is 2.84. The van der Waals surface area contributed by atoms with Crippen LogP contribution in [0.2, 0.25) is 0 Å². The standard InChI is InChI=1S/C12H18N2/c1-11(2,3)9-4-5-10(14-8-9)12(13)6-7-12/h4-5,8H,6-7,13H2,1-3H3. The topological polar surface area (TPSA) is 38.9 Å². The van der Waals surface area contributed by atoms with Gasteiger partial charge in [0.25, 0.3) is 0 Å². The van der Waals surface area contributed by atoms with E-state index in [4.69, 9.17) is 5.73 Å². The quantitative estimate of drug-likeness (QED) is 0.738. The van der Waals surface area contributed by atoms with Gasteiger partial charge in [-0.1, -0.05) is 26.8 Å². The van der Waals surface area contributed by atoms with Gasteiger partial charge in [-0.3, -0.25) is 4.98 Å². The summed E-state index contributed by atoms with van der Waals surface area (Å²) in [7, 11) is 0. The Hall–Kier alpha value is -0.890. The molecule has 2 rings (SSSR count). The molecule has 1 aromatic heterocycles. The van der Waals surface area contributed by atoms with Crippen LogP contribution in [-0.4, -0.2) is 4.98 Å². The van der Waals surface area contributed by atoms with Crippen LogP contribution in [0.3, 0.4) is 0 Å². The van der Waals surface area contributed by atoms with Crippen molar-refractivity contribution in [3.63, 3.8) is 0 Å². The zero-order valence-electron chi connectivity index (χ0n) is 9.17. The first-order valence-corrected chi connectivity index (χ1v) is 5.18. The van der Waals surface area contributed by atoms with E-state index in [2.05, 4.69) is 37.9 Å². The molecule has 76 valence electrons. The van der Waals surface area contributed by atoms with Gasteiger partial charge in [-0.25, -0.2) is 0 Å². The van der Waals surface area contributed by atoms with Crippen LogP contribution in [0.5, 0.6) is 0 Å². The van der Waals surface area contributed by atoms with Gasteiger partial charge in [0.15, 0.2) is 0 Å². The lowest BCUT2D eigenvalue weighted by atomic mass is 9.88. The van der Waals surface area contributed by atoms with E-state index >= 15 is 0 Å². The maximum absolute atomic E-state index is 6.06. The van der Waals surface area contributed by atoms with Gasteiger partial charge in [0.05, 0.1) is 11.2 Å². The van der Waals surface area contributed by atoms with Gasteiger partial charge in [-0.2, -0.15) is 0 Å². The fourth-order valence-electron chi connectivity index (χ4n) is 1.52. The van der Waals surface area contributed by atoms with Crippen LogP contribution < -0.4 is 5.73 Å². The molecule has 0 bridgehead atoms. The van der Waals surface area contributed by atoms with Crippen molar-refractivity contribution in [3.05, 3.63) is 29.6 Å². The summed E-state index contributed by atoms with van der Waals surface area (Å²) in [5.41, 5.74) is 8.46. The predicted octanol–water partition coefficient (Wildman–Crippen LogP) is 2.33. The summed E-state index contributed by atoms with van der Waals surface area (Å²) in [5, 5.41) is 0. The molecule has 0 saturated heterocycles. The van der Waals surface area contributed by atoms with Gasteiger partial charge in [0.2, 0.25) is 0 Å². The van der Waals surface area contributed by atoms with Crippen LogP contribution in [0.1, 0.15) is 44.9 Å². The Bertz CT molecular complexity index is 304. The Morgan fingerprint density at radius 1 is 1.29 bits per heavy atom. The van der Waals surface area contributed by atoms with Crippen LogP contribution in [0.15, 0.2) is 18.3 Å². The van der Waals surface area contributed by atoms with Crippen molar-refractivity contribution in [1.29, 1.82) is 0 Å². The molecule has 0 aromatic carbocycles. The fraction of sp³-hybridized carbons (Fsp3) is 0.583. The molecule has 2 nitrogen and oxygen atoms in total. The smallest absolute Gasteiger partial charge is 0.0602 e. The summed E-state index contributed by atoms with van der Waals surface area (Å²) in [4.78, 5) is 4.45. The molecular weight excluding hydrogens is 172 g/mol. The molecule has 1 aliphatic carbocycles. The van der Waals surface area contributed by atoms with E-state index in [1.54, 1.807) is 0 Å². The molecule has 0 radical (unpaired) electrons. The summed E-state index contributed by atoms with van der Waals surface area (Å²) in [6.07, 6.45) is 4.12. The molecule has 1 saturated carbocycles. The second-order valence-electron chi connectivity index (χ2n) is 5.34.